The maximum atomic E-state index is 12.1. The van der Waals surface area contributed by atoms with Crippen molar-refractivity contribution in [2.24, 2.45) is 5.92 Å². The van der Waals surface area contributed by atoms with Crippen LogP contribution in [0.3, 0.4) is 0 Å². The molecular formula is C10H18N2O2S. The van der Waals surface area contributed by atoms with Crippen LogP contribution in [0.1, 0.15) is 27.2 Å². The van der Waals surface area contributed by atoms with Crippen LogP contribution in [0.2, 0.25) is 0 Å². The van der Waals surface area contributed by atoms with Crippen LogP contribution in [-0.2, 0) is 4.79 Å². The molecule has 1 unspecified atom stereocenters. The van der Waals surface area contributed by atoms with Crippen molar-refractivity contribution in [2.45, 2.75) is 32.7 Å². The molecule has 1 aliphatic heterocycles. The largest absolute Gasteiger partial charge is 0.325 e. The number of urea groups is 1. The quantitative estimate of drug-likeness (QED) is 0.564. The highest BCUT2D eigenvalue weighted by Gasteiger charge is 2.51. The monoisotopic (exact) mass is 230 g/mol. The minimum atomic E-state index is -0.810. The molecule has 1 N–H and O–H groups in total. The van der Waals surface area contributed by atoms with Crippen molar-refractivity contribution in [3.05, 3.63) is 0 Å². The first-order valence-electron chi connectivity index (χ1n) is 5.24. The van der Waals surface area contributed by atoms with Gasteiger partial charge in [0.2, 0.25) is 0 Å². The summed E-state index contributed by atoms with van der Waals surface area (Å²) in [5, 5.41) is 2.76. The normalized spacial score (nSPS) is 26.3. The first-order valence-corrected chi connectivity index (χ1v) is 5.87. The lowest BCUT2D eigenvalue weighted by atomic mass is 9.88. The van der Waals surface area contributed by atoms with Gasteiger partial charge in [-0.15, -0.1) is 0 Å². The molecule has 1 saturated heterocycles. The lowest BCUT2D eigenvalue weighted by Gasteiger charge is -2.28. The number of hydrogen-bond donors (Lipinski definition) is 2. The van der Waals surface area contributed by atoms with Gasteiger partial charge in [0.25, 0.3) is 5.91 Å². The van der Waals surface area contributed by atoms with Gasteiger partial charge in [0.05, 0.1) is 0 Å². The summed E-state index contributed by atoms with van der Waals surface area (Å²) in [5.41, 5.74) is -0.810. The van der Waals surface area contributed by atoms with E-state index in [1.54, 1.807) is 0 Å². The van der Waals surface area contributed by atoms with E-state index in [1.807, 2.05) is 20.8 Å². The summed E-state index contributed by atoms with van der Waals surface area (Å²) in [4.78, 5) is 25.0. The number of rotatable bonds is 4. The molecule has 1 aliphatic rings. The highest BCUT2D eigenvalue weighted by Crippen LogP contribution is 2.27. The van der Waals surface area contributed by atoms with Gasteiger partial charge in [-0.1, -0.05) is 20.8 Å². The summed E-state index contributed by atoms with van der Waals surface area (Å²) >= 11 is 4.19. The molecule has 0 saturated carbocycles. The van der Waals surface area contributed by atoms with Crippen molar-refractivity contribution in [3.63, 3.8) is 0 Å². The van der Waals surface area contributed by atoms with E-state index in [9.17, 15) is 9.59 Å². The Labute approximate surface area is 95.8 Å². The van der Waals surface area contributed by atoms with Crippen LogP contribution >= 0.6 is 12.6 Å². The van der Waals surface area contributed by atoms with E-state index >= 15 is 0 Å². The second-order valence-corrected chi connectivity index (χ2v) is 4.49. The highest BCUT2D eigenvalue weighted by molar-refractivity contribution is 7.80. The van der Waals surface area contributed by atoms with Gasteiger partial charge in [-0.25, -0.2) is 4.79 Å². The third-order valence-corrected chi connectivity index (χ3v) is 3.38. The van der Waals surface area contributed by atoms with E-state index < -0.39 is 5.54 Å². The number of nitrogens with zero attached hydrogens (tertiary/aromatic N) is 1. The number of carbonyl (C=O) groups is 2. The number of carbonyl (C=O) groups excluding carboxylic acids is 2. The van der Waals surface area contributed by atoms with Gasteiger partial charge < -0.3 is 5.32 Å². The number of thiol groups is 1. The van der Waals surface area contributed by atoms with Crippen LogP contribution in [0.15, 0.2) is 0 Å². The van der Waals surface area contributed by atoms with E-state index in [4.69, 9.17) is 0 Å². The molecule has 1 atom stereocenters. The molecule has 4 nitrogen and oxygen atoms in total. The third-order valence-electron chi connectivity index (χ3n) is 2.88. The third kappa shape index (κ3) is 1.85. The topological polar surface area (TPSA) is 49.4 Å². The smallest absolute Gasteiger partial charge is 0.322 e. The Balaban J connectivity index is 2.97. The van der Waals surface area contributed by atoms with E-state index in [0.29, 0.717) is 12.3 Å². The molecule has 0 aromatic heterocycles. The minimum Gasteiger partial charge on any atom is -0.322 e. The Morgan fingerprint density at radius 3 is 2.40 bits per heavy atom. The van der Waals surface area contributed by atoms with Crippen LogP contribution in [0, 0.1) is 5.92 Å². The lowest BCUT2D eigenvalue weighted by molar-refractivity contribution is -0.131. The molecule has 3 amide bonds. The summed E-state index contributed by atoms with van der Waals surface area (Å²) < 4.78 is 0. The standard InChI is InChI=1S/C10H18N2O2S/c1-4-5-12-8(13)10(6-15,7(2)3)11-9(12)14/h7,15H,4-6H2,1-3H3,(H,11,14). The molecule has 5 heteroatoms. The fourth-order valence-corrected chi connectivity index (χ4v) is 2.33. The second kappa shape index (κ2) is 4.43. The molecule has 0 spiro atoms. The summed E-state index contributed by atoms with van der Waals surface area (Å²) in [5.74, 6) is 0.253. The first-order chi connectivity index (χ1) is 6.99. The van der Waals surface area contributed by atoms with Gasteiger partial charge in [-0.2, -0.15) is 12.6 Å². The van der Waals surface area contributed by atoms with Crippen molar-refractivity contribution in [1.82, 2.24) is 10.2 Å². The number of amides is 3. The lowest BCUT2D eigenvalue weighted by Crippen LogP contribution is -2.53. The van der Waals surface area contributed by atoms with Crippen molar-refractivity contribution in [3.8, 4) is 0 Å². The first kappa shape index (κ1) is 12.4. The van der Waals surface area contributed by atoms with Crippen molar-refractivity contribution in [2.75, 3.05) is 12.3 Å². The molecule has 1 fully saturated rings. The van der Waals surface area contributed by atoms with Gasteiger partial charge in [-0.3, -0.25) is 9.69 Å². The van der Waals surface area contributed by atoms with E-state index in [0.717, 1.165) is 6.42 Å². The van der Waals surface area contributed by atoms with Gasteiger partial charge >= 0.3 is 6.03 Å². The number of hydrogen-bond acceptors (Lipinski definition) is 3. The predicted octanol–water partition coefficient (Wildman–Crippen LogP) is 1.27. The van der Waals surface area contributed by atoms with Crippen molar-refractivity contribution < 1.29 is 9.59 Å². The Hall–Kier alpha value is -0.710. The molecule has 15 heavy (non-hydrogen) atoms. The average molecular weight is 230 g/mol. The van der Waals surface area contributed by atoms with Gasteiger partial charge in [-0.05, 0) is 12.3 Å². The zero-order chi connectivity index (χ0) is 11.6. The summed E-state index contributed by atoms with van der Waals surface area (Å²) in [6, 6.07) is -0.287. The number of nitrogens with one attached hydrogen (secondary N) is 1. The van der Waals surface area contributed by atoms with Gasteiger partial charge in [0.15, 0.2) is 0 Å². The number of imide groups is 1. The molecular weight excluding hydrogens is 212 g/mol. The van der Waals surface area contributed by atoms with Gasteiger partial charge in [0.1, 0.15) is 5.54 Å². The summed E-state index contributed by atoms with van der Waals surface area (Å²) in [6.45, 7) is 6.26. The SMILES string of the molecule is CCCN1C(=O)NC(CS)(C(C)C)C1=O. The minimum absolute atomic E-state index is 0.0494. The van der Waals surface area contributed by atoms with Crippen LogP contribution in [-0.4, -0.2) is 34.7 Å². The Kier molecular flexibility index (Phi) is 3.65. The molecule has 0 radical (unpaired) electrons. The fourth-order valence-electron chi connectivity index (χ4n) is 1.75. The molecule has 0 aliphatic carbocycles. The Morgan fingerprint density at radius 1 is 1.47 bits per heavy atom. The van der Waals surface area contributed by atoms with Crippen LogP contribution < -0.4 is 5.32 Å². The summed E-state index contributed by atoms with van der Waals surface area (Å²) in [7, 11) is 0. The van der Waals surface area contributed by atoms with Crippen LogP contribution in [0.25, 0.3) is 0 Å². The van der Waals surface area contributed by atoms with E-state index in [1.165, 1.54) is 4.90 Å². The molecule has 0 bridgehead atoms. The Bertz CT molecular complexity index is 281. The molecule has 1 heterocycles. The van der Waals surface area contributed by atoms with Gasteiger partial charge in [0, 0.05) is 12.3 Å². The molecule has 1 rings (SSSR count). The molecule has 0 aromatic carbocycles. The average Bonchev–Trinajstić information content (AvgIpc) is 2.43. The second-order valence-electron chi connectivity index (χ2n) is 4.17. The zero-order valence-corrected chi connectivity index (χ0v) is 10.3. The maximum Gasteiger partial charge on any atom is 0.325 e. The van der Waals surface area contributed by atoms with Crippen molar-refractivity contribution in [1.29, 1.82) is 0 Å². The molecule has 0 aromatic rings. The van der Waals surface area contributed by atoms with Crippen molar-refractivity contribution >= 4 is 24.6 Å². The molecule has 86 valence electrons. The maximum absolute atomic E-state index is 12.1. The predicted molar refractivity (Wildman–Crippen MR) is 62.0 cm³/mol. The van der Waals surface area contributed by atoms with E-state index in [2.05, 4.69) is 17.9 Å². The zero-order valence-electron chi connectivity index (χ0n) is 9.41. The van der Waals surface area contributed by atoms with Crippen LogP contribution in [0.4, 0.5) is 4.79 Å². The Morgan fingerprint density at radius 2 is 2.07 bits per heavy atom. The highest BCUT2D eigenvalue weighted by atomic mass is 32.1. The van der Waals surface area contributed by atoms with E-state index in [-0.39, 0.29) is 17.9 Å². The summed E-state index contributed by atoms with van der Waals surface area (Å²) in [6.07, 6.45) is 0.778. The fraction of sp³-hybridized carbons (Fsp3) is 0.800. The van der Waals surface area contributed by atoms with Crippen LogP contribution in [0.5, 0.6) is 0 Å².